The number of hydrogen-bond acceptors (Lipinski definition) is 1. The smallest absolute Gasteiger partial charge is 0.315 e. The number of halogens is 2. The number of nitrogens with one attached hydrogen (secondary N) is 2. The zero-order valence-electron chi connectivity index (χ0n) is 13.5. The highest BCUT2D eigenvalue weighted by molar-refractivity contribution is 5.73. The molecule has 5 heteroatoms. The lowest BCUT2D eigenvalue weighted by molar-refractivity contribution is 0.00515. The van der Waals surface area contributed by atoms with Crippen molar-refractivity contribution in [1.82, 2.24) is 10.6 Å². The van der Waals surface area contributed by atoms with Gasteiger partial charge in [0, 0.05) is 25.9 Å². The van der Waals surface area contributed by atoms with Crippen molar-refractivity contribution < 1.29 is 13.6 Å². The van der Waals surface area contributed by atoms with Gasteiger partial charge in [-0.25, -0.2) is 13.6 Å². The molecule has 3 nitrogen and oxygen atoms in total. The maximum atomic E-state index is 13.1. The first-order valence-electron chi connectivity index (χ1n) is 8.42. The van der Waals surface area contributed by atoms with Gasteiger partial charge in [-0.15, -0.1) is 0 Å². The molecule has 2 saturated carbocycles. The Bertz CT molecular complexity index is 584. The summed E-state index contributed by atoms with van der Waals surface area (Å²) in [5.41, 5.74) is 3.67. The summed E-state index contributed by atoms with van der Waals surface area (Å²) < 4.78 is 26.2. The van der Waals surface area contributed by atoms with Crippen molar-refractivity contribution in [3.63, 3.8) is 0 Å². The highest BCUT2D eigenvalue weighted by atomic mass is 19.3. The van der Waals surface area contributed by atoms with Gasteiger partial charge in [-0.05, 0) is 49.1 Å². The van der Waals surface area contributed by atoms with E-state index in [0.29, 0.717) is 25.4 Å². The van der Waals surface area contributed by atoms with Gasteiger partial charge in [-0.3, -0.25) is 0 Å². The number of carbonyl (C=O) groups excluding carboxylic acids is 1. The number of rotatable bonds is 5. The van der Waals surface area contributed by atoms with Crippen molar-refractivity contribution in [3.05, 3.63) is 34.9 Å². The fourth-order valence-electron chi connectivity index (χ4n) is 3.37. The maximum absolute atomic E-state index is 13.1. The van der Waals surface area contributed by atoms with Gasteiger partial charge in [0.15, 0.2) is 0 Å². The third kappa shape index (κ3) is 4.43. The molecule has 23 heavy (non-hydrogen) atoms. The molecular formula is C18H24F2N2O. The minimum Gasteiger partial charge on any atom is -0.338 e. The number of aryl methyl sites for hydroxylation is 1. The Balaban J connectivity index is 1.47. The summed E-state index contributed by atoms with van der Waals surface area (Å²) in [6.07, 6.45) is 2.75. The van der Waals surface area contributed by atoms with Gasteiger partial charge in [0.1, 0.15) is 0 Å². The van der Waals surface area contributed by atoms with Crippen LogP contribution in [0.15, 0.2) is 18.2 Å². The van der Waals surface area contributed by atoms with Crippen LogP contribution in [-0.4, -0.2) is 18.5 Å². The molecule has 1 atom stereocenters. The van der Waals surface area contributed by atoms with E-state index in [2.05, 4.69) is 28.8 Å². The first-order chi connectivity index (χ1) is 10.9. The van der Waals surface area contributed by atoms with Crippen LogP contribution in [0.3, 0.4) is 0 Å². The van der Waals surface area contributed by atoms with Gasteiger partial charge in [0.25, 0.3) is 0 Å². The molecule has 3 rings (SSSR count). The van der Waals surface area contributed by atoms with Crippen molar-refractivity contribution >= 4 is 6.03 Å². The van der Waals surface area contributed by atoms with E-state index in [0.717, 1.165) is 5.56 Å². The lowest BCUT2D eigenvalue weighted by Crippen LogP contribution is -2.37. The molecule has 0 spiro atoms. The van der Waals surface area contributed by atoms with E-state index in [-0.39, 0.29) is 24.8 Å². The summed E-state index contributed by atoms with van der Waals surface area (Å²) in [5, 5.41) is 5.58. The molecule has 0 saturated heterocycles. The van der Waals surface area contributed by atoms with Crippen LogP contribution in [0.4, 0.5) is 13.6 Å². The minimum atomic E-state index is -2.55. The molecule has 1 aromatic carbocycles. The Kier molecular flexibility index (Phi) is 4.55. The highest BCUT2D eigenvalue weighted by Crippen LogP contribution is 2.42. The second-order valence-corrected chi connectivity index (χ2v) is 7.00. The van der Waals surface area contributed by atoms with Gasteiger partial charge in [-0.2, -0.15) is 0 Å². The summed E-state index contributed by atoms with van der Waals surface area (Å²) in [7, 11) is 0. The third-order valence-electron chi connectivity index (χ3n) is 4.81. The maximum Gasteiger partial charge on any atom is 0.315 e. The number of hydrogen-bond donors (Lipinski definition) is 2. The predicted molar refractivity (Wildman–Crippen MR) is 85.7 cm³/mol. The van der Waals surface area contributed by atoms with Crippen molar-refractivity contribution in [2.24, 2.45) is 5.92 Å². The zero-order chi connectivity index (χ0) is 16.4. The predicted octanol–water partition coefficient (Wildman–Crippen LogP) is 4.11. The number of carbonyl (C=O) groups is 1. The average Bonchev–Trinajstić information content (AvgIpc) is 3.27. The summed E-state index contributed by atoms with van der Waals surface area (Å²) in [4.78, 5) is 11.9. The Hall–Kier alpha value is -1.65. The standard InChI is InChI=1S/C18H24F2N2O/c1-12-2-5-16(14-3-4-14)15(8-12)11-22-17(23)21-10-13-6-7-18(19,20)9-13/h2,5,8,13-14H,3-4,6-7,9-11H2,1H3,(H2,21,22,23). The molecule has 1 aromatic rings. The van der Waals surface area contributed by atoms with Gasteiger partial charge in [-0.1, -0.05) is 23.8 Å². The van der Waals surface area contributed by atoms with Crippen LogP contribution < -0.4 is 10.6 Å². The molecule has 2 aliphatic carbocycles. The van der Waals surface area contributed by atoms with E-state index in [1.807, 2.05) is 6.92 Å². The molecule has 2 N–H and O–H groups in total. The van der Waals surface area contributed by atoms with Crippen molar-refractivity contribution in [1.29, 1.82) is 0 Å². The van der Waals surface area contributed by atoms with E-state index in [4.69, 9.17) is 0 Å². The van der Waals surface area contributed by atoms with E-state index < -0.39 is 5.92 Å². The van der Waals surface area contributed by atoms with Crippen molar-refractivity contribution in [3.8, 4) is 0 Å². The normalized spacial score (nSPS) is 22.8. The summed E-state index contributed by atoms with van der Waals surface area (Å²) in [5.74, 6) is -2.03. The first-order valence-corrected chi connectivity index (χ1v) is 8.42. The monoisotopic (exact) mass is 322 g/mol. The first kappa shape index (κ1) is 16.2. The van der Waals surface area contributed by atoms with Gasteiger partial charge in [0.05, 0.1) is 0 Å². The molecule has 126 valence electrons. The van der Waals surface area contributed by atoms with Crippen LogP contribution in [0.1, 0.15) is 54.7 Å². The largest absolute Gasteiger partial charge is 0.338 e. The molecule has 0 aliphatic heterocycles. The quantitative estimate of drug-likeness (QED) is 0.841. The Morgan fingerprint density at radius 3 is 2.70 bits per heavy atom. The van der Waals surface area contributed by atoms with Crippen LogP contribution in [-0.2, 0) is 6.54 Å². The van der Waals surface area contributed by atoms with Crippen LogP contribution >= 0.6 is 0 Å². The fourth-order valence-corrected chi connectivity index (χ4v) is 3.37. The number of alkyl halides is 2. The molecule has 2 amide bonds. The van der Waals surface area contributed by atoms with E-state index >= 15 is 0 Å². The van der Waals surface area contributed by atoms with Crippen LogP contribution in [0.2, 0.25) is 0 Å². The SMILES string of the molecule is Cc1ccc(C2CC2)c(CNC(=O)NCC2CCC(F)(F)C2)c1. The molecule has 2 aliphatic rings. The lowest BCUT2D eigenvalue weighted by atomic mass is 10.0. The summed E-state index contributed by atoms with van der Waals surface area (Å²) >= 11 is 0. The Morgan fingerprint density at radius 2 is 2.04 bits per heavy atom. The molecular weight excluding hydrogens is 298 g/mol. The van der Waals surface area contributed by atoms with Gasteiger partial charge in [0.2, 0.25) is 5.92 Å². The second-order valence-electron chi connectivity index (χ2n) is 7.00. The molecule has 0 radical (unpaired) electrons. The van der Waals surface area contributed by atoms with Crippen LogP contribution in [0.5, 0.6) is 0 Å². The van der Waals surface area contributed by atoms with Crippen molar-refractivity contribution in [2.45, 2.75) is 57.4 Å². The van der Waals surface area contributed by atoms with Crippen LogP contribution in [0.25, 0.3) is 0 Å². The third-order valence-corrected chi connectivity index (χ3v) is 4.81. The summed E-state index contributed by atoms with van der Waals surface area (Å²) in [6, 6.07) is 6.11. The number of amides is 2. The molecule has 0 bridgehead atoms. The zero-order valence-corrected chi connectivity index (χ0v) is 13.5. The number of urea groups is 1. The average molecular weight is 322 g/mol. The van der Waals surface area contributed by atoms with Gasteiger partial charge < -0.3 is 10.6 Å². The molecule has 0 aromatic heterocycles. The lowest BCUT2D eigenvalue weighted by Gasteiger charge is -2.14. The Morgan fingerprint density at radius 1 is 1.26 bits per heavy atom. The van der Waals surface area contributed by atoms with E-state index in [1.54, 1.807) is 0 Å². The molecule has 2 fully saturated rings. The highest BCUT2D eigenvalue weighted by Gasteiger charge is 2.39. The summed E-state index contributed by atoms with van der Waals surface area (Å²) in [6.45, 7) is 2.85. The minimum absolute atomic E-state index is 0.0605. The molecule has 1 unspecified atom stereocenters. The van der Waals surface area contributed by atoms with E-state index in [1.165, 1.54) is 24.0 Å². The van der Waals surface area contributed by atoms with Gasteiger partial charge >= 0.3 is 6.03 Å². The number of benzene rings is 1. The van der Waals surface area contributed by atoms with Crippen molar-refractivity contribution in [2.75, 3.05) is 6.54 Å². The second kappa shape index (κ2) is 6.46. The Labute approximate surface area is 135 Å². The van der Waals surface area contributed by atoms with Crippen LogP contribution in [0, 0.1) is 12.8 Å². The van der Waals surface area contributed by atoms with E-state index in [9.17, 15) is 13.6 Å². The molecule has 0 heterocycles. The fraction of sp³-hybridized carbons (Fsp3) is 0.611. The topological polar surface area (TPSA) is 41.1 Å².